The fraction of sp³-hybridized carbons (Fsp3) is 0.200. The van der Waals surface area contributed by atoms with E-state index in [4.69, 9.17) is 32.4 Å². The van der Waals surface area contributed by atoms with Gasteiger partial charge in [-0.25, -0.2) is 0 Å². The SMILES string of the molecule is CCCc1ccc(OCc2ccc(C(=O)Nc3nn(Cc4ccc(Cl)cc4Cl)cc3Br)o2)cc1. The van der Waals surface area contributed by atoms with Gasteiger partial charge in [-0.05, 0) is 69.9 Å². The van der Waals surface area contributed by atoms with Crippen molar-refractivity contribution >= 4 is 50.9 Å². The van der Waals surface area contributed by atoms with Crippen LogP contribution >= 0.6 is 39.1 Å². The van der Waals surface area contributed by atoms with Crippen LogP contribution in [0.5, 0.6) is 5.75 Å². The number of hydrogen-bond donors (Lipinski definition) is 1. The third-order valence-corrected chi connectivity index (χ3v) is 6.19. The number of nitrogens with zero attached hydrogens (tertiary/aromatic N) is 2. The second kappa shape index (κ2) is 11.1. The normalized spacial score (nSPS) is 10.9. The molecule has 4 aromatic rings. The van der Waals surface area contributed by atoms with Gasteiger partial charge < -0.3 is 14.5 Å². The molecule has 0 saturated heterocycles. The van der Waals surface area contributed by atoms with Crippen LogP contribution in [0.25, 0.3) is 0 Å². The Morgan fingerprint density at radius 2 is 1.94 bits per heavy atom. The summed E-state index contributed by atoms with van der Waals surface area (Å²) in [5.41, 5.74) is 2.13. The Labute approximate surface area is 215 Å². The molecule has 1 amide bonds. The van der Waals surface area contributed by atoms with Crippen molar-refractivity contribution in [1.82, 2.24) is 9.78 Å². The number of amides is 1. The minimum atomic E-state index is -0.411. The second-order valence-corrected chi connectivity index (χ2v) is 9.36. The Morgan fingerprint density at radius 1 is 1.15 bits per heavy atom. The van der Waals surface area contributed by atoms with Gasteiger partial charge in [0.2, 0.25) is 0 Å². The molecule has 2 aromatic carbocycles. The lowest BCUT2D eigenvalue weighted by Gasteiger charge is -2.06. The maximum absolute atomic E-state index is 12.7. The molecule has 0 fully saturated rings. The van der Waals surface area contributed by atoms with Gasteiger partial charge in [0.25, 0.3) is 5.91 Å². The zero-order valence-electron chi connectivity index (χ0n) is 18.4. The summed E-state index contributed by atoms with van der Waals surface area (Å²) in [6.45, 7) is 2.80. The van der Waals surface area contributed by atoms with Gasteiger partial charge >= 0.3 is 0 Å². The summed E-state index contributed by atoms with van der Waals surface area (Å²) in [6, 6.07) is 16.6. The fourth-order valence-corrected chi connectivity index (χ4v) is 4.21. The standard InChI is InChI=1S/C25H22BrCl2N3O3/c1-2-3-16-4-8-19(9-5-16)33-15-20-10-11-23(34-20)25(32)29-24-21(26)14-31(30-24)13-17-6-7-18(27)12-22(17)28/h4-12,14H,2-3,13,15H2,1H3,(H,29,30,32). The molecule has 0 unspecified atom stereocenters. The topological polar surface area (TPSA) is 69.3 Å². The van der Waals surface area contributed by atoms with Crippen LogP contribution in [0, 0.1) is 0 Å². The van der Waals surface area contributed by atoms with E-state index in [-0.39, 0.29) is 12.4 Å². The smallest absolute Gasteiger partial charge is 0.292 e. The lowest BCUT2D eigenvalue weighted by atomic mass is 10.1. The Morgan fingerprint density at radius 3 is 2.68 bits per heavy atom. The van der Waals surface area contributed by atoms with Crippen LogP contribution in [0.1, 0.15) is 40.8 Å². The average Bonchev–Trinajstić information content (AvgIpc) is 3.42. The first-order valence-electron chi connectivity index (χ1n) is 10.7. The molecule has 0 bridgehead atoms. The number of carbonyl (C=O) groups excluding carboxylic acids is 1. The zero-order valence-corrected chi connectivity index (χ0v) is 21.5. The summed E-state index contributed by atoms with van der Waals surface area (Å²) < 4.78 is 13.7. The quantitative estimate of drug-likeness (QED) is 0.231. The van der Waals surface area contributed by atoms with Crippen LogP contribution < -0.4 is 10.1 Å². The van der Waals surface area contributed by atoms with Gasteiger partial charge in [0.05, 0.1) is 11.0 Å². The molecule has 0 radical (unpaired) electrons. The van der Waals surface area contributed by atoms with Crippen LogP contribution in [-0.2, 0) is 19.6 Å². The largest absolute Gasteiger partial charge is 0.486 e. The minimum Gasteiger partial charge on any atom is -0.486 e. The summed E-state index contributed by atoms with van der Waals surface area (Å²) in [7, 11) is 0. The van der Waals surface area contributed by atoms with Crippen molar-refractivity contribution in [1.29, 1.82) is 0 Å². The molecule has 34 heavy (non-hydrogen) atoms. The molecule has 0 spiro atoms. The number of benzene rings is 2. The van der Waals surface area contributed by atoms with E-state index in [0.29, 0.717) is 32.6 Å². The number of furan rings is 1. The van der Waals surface area contributed by atoms with E-state index in [9.17, 15) is 4.79 Å². The summed E-state index contributed by atoms with van der Waals surface area (Å²) in [5.74, 6) is 1.42. The highest BCUT2D eigenvalue weighted by atomic mass is 79.9. The van der Waals surface area contributed by atoms with E-state index < -0.39 is 5.91 Å². The first-order chi connectivity index (χ1) is 16.4. The molecule has 2 heterocycles. The van der Waals surface area contributed by atoms with Crippen molar-refractivity contribution in [3.05, 3.63) is 98.0 Å². The number of rotatable bonds is 9. The van der Waals surface area contributed by atoms with Crippen LogP contribution in [0.15, 0.2) is 69.7 Å². The van der Waals surface area contributed by atoms with E-state index in [1.54, 1.807) is 35.1 Å². The third kappa shape index (κ3) is 6.23. The molecule has 0 aliphatic heterocycles. The fourth-order valence-electron chi connectivity index (χ4n) is 3.33. The van der Waals surface area contributed by atoms with Crippen LogP contribution in [0.2, 0.25) is 10.0 Å². The highest BCUT2D eigenvalue weighted by Gasteiger charge is 2.16. The molecule has 0 aliphatic rings. The van der Waals surface area contributed by atoms with E-state index in [1.807, 2.05) is 18.2 Å². The lowest BCUT2D eigenvalue weighted by Crippen LogP contribution is -2.12. The zero-order chi connectivity index (χ0) is 24.1. The van der Waals surface area contributed by atoms with Crippen molar-refractivity contribution in [2.24, 2.45) is 0 Å². The lowest BCUT2D eigenvalue weighted by molar-refractivity contribution is 0.0992. The summed E-state index contributed by atoms with van der Waals surface area (Å²) in [5, 5.41) is 8.29. The highest BCUT2D eigenvalue weighted by Crippen LogP contribution is 2.25. The summed E-state index contributed by atoms with van der Waals surface area (Å²) >= 11 is 15.6. The number of aromatic nitrogens is 2. The molecule has 9 heteroatoms. The van der Waals surface area contributed by atoms with Gasteiger partial charge in [0.15, 0.2) is 11.6 Å². The molecule has 2 aromatic heterocycles. The molecule has 176 valence electrons. The number of halogens is 3. The van der Waals surface area contributed by atoms with Gasteiger partial charge in [-0.2, -0.15) is 5.10 Å². The van der Waals surface area contributed by atoms with E-state index in [1.165, 1.54) is 5.56 Å². The van der Waals surface area contributed by atoms with Crippen LogP contribution in [0.4, 0.5) is 5.82 Å². The Kier molecular flexibility index (Phi) is 7.98. The molecular formula is C25H22BrCl2N3O3. The summed E-state index contributed by atoms with van der Waals surface area (Å²) in [6.07, 6.45) is 3.90. The molecule has 0 saturated carbocycles. The van der Waals surface area contributed by atoms with E-state index in [2.05, 4.69) is 45.4 Å². The van der Waals surface area contributed by atoms with Gasteiger partial charge in [0, 0.05) is 16.2 Å². The average molecular weight is 563 g/mol. The van der Waals surface area contributed by atoms with Crippen molar-refractivity contribution < 1.29 is 13.9 Å². The Hall–Kier alpha value is -2.74. The maximum atomic E-state index is 12.7. The highest BCUT2D eigenvalue weighted by molar-refractivity contribution is 9.10. The minimum absolute atomic E-state index is 0.166. The number of aryl methyl sites for hydroxylation is 1. The van der Waals surface area contributed by atoms with Crippen LogP contribution in [-0.4, -0.2) is 15.7 Å². The second-order valence-electron chi connectivity index (χ2n) is 7.66. The predicted octanol–water partition coefficient (Wildman–Crippen LogP) is 7.38. The monoisotopic (exact) mass is 561 g/mol. The summed E-state index contributed by atoms with van der Waals surface area (Å²) in [4.78, 5) is 12.7. The molecule has 0 atom stereocenters. The van der Waals surface area contributed by atoms with Gasteiger partial charge in [0.1, 0.15) is 18.1 Å². The van der Waals surface area contributed by atoms with Crippen molar-refractivity contribution in [3.63, 3.8) is 0 Å². The molecule has 4 rings (SSSR count). The van der Waals surface area contributed by atoms with Crippen molar-refractivity contribution in [2.45, 2.75) is 32.9 Å². The van der Waals surface area contributed by atoms with Gasteiger partial charge in [-0.3, -0.25) is 9.48 Å². The molecular weight excluding hydrogens is 541 g/mol. The van der Waals surface area contributed by atoms with E-state index >= 15 is 0 Å². The number of anilines is 1. The Bertz CT molecular complexity index is 1290. The third-order valence-electron chi connectivity index (χ3n) is 5.02. The first-order valence-corrected chi connectivity index (χ1v) is 12.2. The Balaban J connectivity index is 1.35. The van der Waals surface area contributed by atoms with Crippen LogP contribution in [0.3, 0.4) is 0 Å². The number of nitrogens with one attached hydrogen (secondary N) is 1. The number of hydrogen-bond acceptors (Lipinski definition) is 4. The predicted molar refractivity (Wildman–Crippen MR) is 137 cm³/mol. The van der Waals surface area contributed by atoms with Crippen molar-refractivity contribution in [2.75, 3.05) is 5.32 Å². The maximum Gasteiger partial charge on any atom is 0.292 e. The number of ether oxygens (including phenoxy) is 1. The number of carbonyl (C=O) groups is 1. The van der Waals surface area contributed by atoms with Gasteiger partial charge in [-0.15, -0.1) is 0 Å². The van der Waals surface area contributed by atoms with Gasteiger partial charge in [-0.1, -0.05) is 54.7 Å². The molecule has 1 N–H and O–H groups in total. The molecule has 0 aliphatic carbocycles. The first kappa shape index (κ1) is 24.4. The van der Waals surface area contributed by atoms with Crippen molar-refractivity contribution in [3.8, 4) is 5.75 Å². The van der Waals surface area contributed by atoms with E-state index in [0.717, 1.165) is 24.2 Å². The molecule has 6 nitrogen and oxygen atoms in total.